The minimum atomic E-state index is -0.332. The zero-order valence-electron chi connectivity index (χ0n) is 16.3. The van der Waals surface area contributed by atoms with Gasteiger partial charge in [0.15, 0.2) is 17.2 Å². The Morgan fingerprint density at radius 1 is 0.793 bits per heavy atom. The number of pyridine rings is 2. The van der Waals surface area contributed by atoms with Crippen molar-refractivity contribution in [3.05, 3.63) is 72.2 Å². The summed E-state index contributed by atoms with van der Waals surface area (Å²) in [5.41, 5.74) is 2.70. The molecule has 2 aromatic heterocycles. The molecule has 4 rings (SSSR count). The van der Waals surface area contributed by atoms with Crippen molar-refractivity contribution in [3.8, 4) is 34.4 Å². The van der Waals surface area contributed by atoms with Crippen LogP contribution < -0.4 is 14.2 Å². The summed E-state index contributed by atoms with van der Waals surface area (Å²) in [4.78, 5) is 9.11. The Labute approximate surface area is 167 Å². The normalized spacial score (nSPS) is 10.8. The number of hydrogen-bond acceptors (Lipinski definition) is 5. The highest BCUT2D eigenvalue weighted by Gasteiger charge is 2.13. The van der Waals surface area contributed by atoms with Crippen LogP contribution in [0.5, 0.6) is 23.1 Å². The molecule has 6 heteroatoms. The second-order valence-electron chi connectivity index (χ2n) is 6.46. The summed E-state index contributed by atoms with van der Waals surface area (Å²) >= 11 is 0. The molecule has 0 spiro atoms. The van der Waals surface area contributed by atoms with Crippen LogP contribution in [0, 0.1) is 12.7 Å². The Morgan fingerprint density at radius 3 is 2.34 bits per heavy atom. The lowest BCUT2D eigenvalue weighted by molar-refractivity contribution is 0.355. The molecule has 0 aliphatic heterocycles. The summed E-state index contributed by atoms with van der Waals surface area (Å²) in [7, 11) is 3.17. The Morgan fingerprint density at radius 2 is 1.59 bits per heavy atom. The van der Waals surface area contributed by atoms with E-state index in [2.05, 4.69) is 9.97 Å². The number of aromatic nitrogens is 2. The molecule has 146 valence electrons. The fourth-order valence-electron chi connectivity index (χ4n) is 3.07. The first kappa shape index (κ1) is 18.7. The van der Waals surface area contributed by atoms with Crippen LogP contribution in [0.2, 0.25) is 0 Å². The van der Waals surface area contributed by atoms with Gasteiger partial charge in [0.25, 0.3) is 0 Å². The van der Waals surface area contributed by atoms with Gasteiger partial charge in [-0.3, -0.25) is 0 Å². The molecule has 29 heavy (non-hydrogen) atoms. The number of halogens is 1. The number of methoxy groups -OCH3 is 2. The van der Waals surface area contributed by atoms with Crippen molar-refractivity contribution in [2.75, 3.05) is 14.2 Å². The van der Waals surface area contributed by atoms with Crippen molar-refractivity contribution < 1.29 is 18.6 Å². The lowest BCUT2D eigenvalue weighted by atomic mass is 10.1. The number of rotatable bonds is 5. The van der Waals surface area contributed by atoms with Crippen LogP contribution in [0.1, 0.15) is 5.69 Å². The average molecular weight is 390 g/mol. The van der Waals surface area contributed by atoms with Crippen molar-refractivity contribution >= 4 is 10.9 Å². The molecule has 0 atom stereocenters. The third-order valence-corrected chi connectivity index (χ3v) is 4.48. The minimum absolute atomic E-state index is 0.332. The van der Waals surface area contributed by atoms with Gasteiger partial charge in [0.05, 0.1) is 19.7 Å². The summed E-state index contributed by atoms with van der Waals surface area (Å²) in [5.74, 6) is 1.77. The zero-order valence-corrected chi connectivity index (χ0v) is 16.3. The molecular formula is C23H19FN2O3. The molecule has 2 heterocycles. The maximum Gasteiger partial charge on any atom is 0.219 e. The van der Waals surface area contributed by atoms with Gasteiger partial charge in [0.1, 0.15) is 11.5 Å². The first-order chi connectivity index (χ1) is 14.1. The Kier molecular flexibility index (Phi) is 4.99. The van der Waals surface area contributed by atoms with Gasteiger partial charge < -0.3 is 14.2 Å². The predicted molar refractivity (Wildman–Crippen MR) is 109 cm³/mol. The third-order valence-electron chi connectivity index (χ3n) is 4.48. The van der Waals surface area contributed by atoms with Gasteiger partial charge in [-0.25, -0.2) is 14.4 Å². The highest BCUT2D eigenvalue weighted by atomic mass is 19.1. The summed E-state index contributed by atoms with van der Waals surface area (Å²) in [5, 5.41) is 0.891. The van der Waals surface area contributed by atoms with E-state index in [1.165, 1.54) is 12.1 Å². The zero-order chi connectivity index (χ0) is 20.4. The van der Waals surface area contributed by atoms with E-state index in [1.807, 2.05) is 31.2 Å². The Hall–Kier alpha value is -3.67. The number of nitrogens with zero attached hydrogens (tertiary/aromatic N) is 2. The third kappa shape index (κ3) is 3.82. The van der Waals surface area contributed by atoms with Crippen molar-refractivity contribution in [2.45, 2.75) is 6.92 Å². The molecule has 0 bridgehead atoms. The molecule has 5 nitrogen and oxygen atoms in total. The van der Waals surface area contributed by atoms with Crippen LogP contribution in [-0.4, -0.2) is 24.2 Å². The van der Waals surface area contributed by atoms with Crippen molar-refractivity contribution in [3.63, 3.8) is 0 Å². The lowest BCUT2D eigenvalue weighted by Crippen LogP contribution is -1.96. The van der Waals surface area contributed by atoms with Crippen LogP contribution in [0.4, 0.5) is 4.39 Å². The van der Waals surface area contributed by atoms with Gasteiger partial charge in [-0.05, 0) is 43.3 Å². The van der Waals surface area contributed by atoms with E-state index in [9.17, 15) is 4.39 Å². The maximum absolute atomic E-state index is 13.7. The molecule has 0 radical (unpaired) electrons. The van der Waals surface area contributed by atoms with Crippen LogP contribution in [0.3, 0.4) is 0 Å². The quantitative estimate of drug-likeness (QED) is 0.447. The molecule has 2 aromatic carbocycles. The summed E-state index contributed by atoms with van der Waals surface area (Å²) in [6.45, 7) is 1.88. The fraction of sp³-hybridized carbons (Fsp3) is 0.130. The molecule has 0 N–H and O–H groups in total. The predicted octanol–water partition coefficient (Wildman–Crippen LogP) is 5.55. The molecule has 0 fully saturated rings. The van der Waals surface area contributed by atoms with E-state index in [4.69, 9.17) is 14.2 Å². The van der Waals surface area contributed by atoms with E-state index >= 15 is 0 Å². The highest BCUT2D eigenvalue weighted by Crippen LogP contribution is 2.35. The number of benzene rings is 2. The van der Waals surface area contributed by atoms with Crippen molar-refractivity contribution in [1.29, 1.82) is 0 Å². The van der Waals surface area contributed by atoms with E-state index in [0.717, 1.165) is 11.1 Å². The number of fused-ring (bicyclic) bond motifs is 1. The molecule has 0 aliphatic rings. The van der Waals surface area contributed by atoms with Gasteiger partial charge >= 0.3 is 0 Å². The molecule has 4 aromatic rings. The molecule has 0 saturated carbocycles. The number of ether oxygens (including phenoxy) is 3. The van der Waals surface area contributed by atoms with Gasteiger partial charge in [0.2, 0.25) is 5.88 Å². The van der Waals surface area contributed by atoms with E-state index < -0.39 is 0 Å². The van der Waals surface area contributed by atoms with Crippen molar-refractivity contribution in [2.24, 2.45) is 0 Å². The summed E-state index contributed by atoms with van der Waals surface area (Å²) in [6.07, 6.45) is 0. The Balaban J connectivity index is 1.75. The second kappa shape index (κ2) is 7.75. The Bertz CT molecular complexity index is 1190. The molecule has 0 saturated heterocycles. The van der Waals surface area contributed by atoms with Crippen LogP contribution >= 0.6 is 0 Å². The number of hydrogen-bond donors (Lipinski definition) is 0. The van der Waals surface area contributed by atoms with Crippen LogP contribution in [0.15, 0.2) is 60.7 Å². The summed E-state index contributed by atoms with van der Waals surface area (Å²) in [6, 6.07) is 17.2. The SMILES string of the molecule is COc1cc2ccc(Oc3ccc(C)nc3-c3cccc(F)c3)nc2cc1OC. The van der Waals surface area contributed by atoms with Crippen LogP contribution in [0.25, 0.3) is 22.2 Å². The average Bonchev–Trinajstić information content (AvgIpc) is 2.74. The smallest absolute Gasteiger partial charge is 0.219 e. The van der Waals surface area contributed by atoms with E-state index in [1.54, 1.807) is 38.5 Å². The van der Waals surface area contributed by atoms with Crippen LogP contribution in [-0.2, 0) is 0 Å². The molecule has 0 amide bonds. The van der Waals surface area contributed by atoms with E-state index in [-0.39, 0.29) is 5.82 Å². The first-order valence-corrected chi connectivity index (χ1v) is 9.01. The van der Waals surface area contributed by atoms with E-state index in [0.29, 0.717) is 39.9 Å². The van der Waals surface area contributed by atoms with Gasteiger partial charge in [0, 0.05) is 28.8 Å². The summed E-state index contributed by atoms with van der Waals surface area (Å²) < 4.78 is 30.4. The number of aryl methyl sites for hydroxylation is 1. The van der Waals surface area contributed by atoms with Gasteiger partial charge in [-0.1, -0.05) is 12.1 Å². The minimum Gasteiger partial charge on any atom is -0.493 e. The van der Waals surface area contributed by atoms with Gasteiger partial charge in [-0.2, -0.15) is 0 Å². The standard InChI is InChI=1S/C23H19FN2O3/c1-14-7-9-19(23(25-14)16-5-4-6-17(24)11-16)29-22-10-8-15-12-20(27-2)21(28-3)13-18(15)26-22/h4-13H,1-3H3. The maximum atomic E-state index is 13.7. The van der Waals surface area contributed by atoms with Crippen molar-refractivity contribution in [1.82, 2.24) is 9.97 Å². The molecular weight excluding hydrogens is 371 g/mol. The highest BCUT2D eigenvalue weighted by molar-refractivity contribution is 5.83. The molecule has 0 aliphatic carbocycles. The topological polar surface area (TPSA) is 53.5 Å². The lowest BCUT2D eigenvalue weighted by Gasteiger charge is -2.12. The monoisotopic (exact) mass is 390 g/mol. The van der Waals surface area contributed by atoms with Gasteiger partial charge in [-0.15, -0.1) is 0 Å². The second-order valence-corrected chi connectivity index (χ2v) is 6.46. The fourth-order valence-corrected chi connectivity index (χ4v) is 3.07. The first-order valence-electron chi connectivity index (χ1n) is 9.01. The largest absolute Gasteiger partial charge is 0.493 e. The molecule has 0 unspecified atom stereocenters.